The fraction of sp³-hybridized carbons (Fsp3) is 0.308. The Labute approximate surface area is 110 Å². The molecule has 3 N–H and O–H groups in total. The Hall–Kier alpha value is -2.37. The van der Waals surface area contributed by atoms with E-state index in [9.17, 15) is 14.4 Å². The number of rotatable bonds is 5. The third-order valence-corrected chi connectivity index (χ3v) is 2.49. The Balaban J connectivity index is 2.93. The molecule has 1 rings (SSSR count). The fourth-order valence-corrected chi connectivity index (χ4v) is 1.55. The zero-order chi connectivity index (χ0) is 14.4. The van der Waals surface area contributed by atoms with Gasteiger partial charge in [-0.05, 0) is 18.6 Å². The van der Waals surface area contributed by atoms with E-state index in [1.54, 1.807) is 25.1 Å². The largest absolute Gasteiger partial charge is 0.480 e. The van der Waals surface area contributed by atoms with E-state index in [-0.39, 0.29) is 17.9 Å². The minimum atomic E-state index is -1.09. The number of carboxylic acid groups (broad SMARTS) is 1. The maximum absolute atomic E-state index is 12.0. The van der Waals surface area contributed by atoms with E-state index in [2.05, 4.69) is 10.6 Å². The molecule has 6 heteroatoms. The Kier molecular flexibility index (Phi) is 5.05. The minimum Gasteiger partial charge on any atom is -0.480 e. The molecular weight excluding hydrogens is 248 g/mol. The highest BCUT2D eigenvalue weighted by molar-refractivity contribution is 6.04. The summed E-state index contributed by atoms with van der Waals surface area (Å²) in [6.45, 7) is 3.00. The van der Waals surface area contributed by atoms with E-state index in [1.165, 1.54) is 13.0 Å². The molecule has 6 nitrogen and oxygen atoms in total. The van der Waals surface area contributed by atoms with Crippen LogP contribution >= 0.6 is 0 Å². The summed E-state index contributed by atoms with van der Waals surface area (Å²) in [4.78, 5) is 33.9. The highest BCUT2D eigenvalue weighted by Gasteiger charge is 2.20. The molecule has 0 aromatic heterocycles. The first-order chi connectivity index (χ1) is 8.95. The van der Waals surface area contributed by atoms with Gasteiger partial charge in [-0.3, -0.25) is 9.59 Å². The number of hydrogen-bond acceptors (Lipinski definition) is 3. The van der Waals surface area contributed by atoms with Crippen molar-refractivity contribution >= 4 is 23.5 Å². The second-order valence-corrected chi connectivity index (χ2v) is 4.00. The number of nitrogens with one attached hydrogen (secondary N) is 2. The van der Waals surface area contributed by atoms with E-state index in [1.807, 2.05) is 0 Å². The number of para-hydroxylation sites is 1. The van der Waals surface area contributed by atoms with Crippen LogP contribution in [0.5, 0.6) is 0 Å². The van der Waals surface area contributed by atoms with Gasteiger partial charge < -0.3 is 15.7 Å². The van der Waals surface area contributed by atoms with Crippen molar-refractivity contribution in [3.8, 4) is 0 Å². The molecule has 0 aliphatic carbocycles. The van der Waals surface area contributed by atoms with E-state index in [0.29, 0.717) is 5.69 Å². The first-order valence-electron chi connectivity index (χ1n) is 5.86. The van der Waals surface area contributed by atoms with Crippen molar-refractivity contribution in [2.24, 2.45) is 0 Å². The second kappa shape index (κ2) is 6.53. The zero-order valence-corrected chi connectivity index (χ0v) is 10.8. The molecule has 0 spiro atoms. The molecule has 1 aromatic rings. The van der Waals surface area contributed by atoms with Crippen LogP contribution in [-0.4, -0.2) is 28.9 Å². The lowest BCUT2D eigenvalue weighted by atomic mass is 10.1. The Morgan fingerprint density at radius 1 is 1.26 bits per heavy atom. The maximum Gasteiger partial charge on any atom is 0.326 e. The lowest BCUT2D eigenvalue weighted by molar-refractivity contribution is -0.139. The van der Waals surface area contributed by atoms with Gasteiger partial charge in [0.25, 0.3) is 5.91 Å². The first-order valence-corrected chi connectivity index (χ1v) is 5.86. The van der Waals surface area contributed by atoms with Crippen molar-refractivity contribution in [2.75, 3.05) is 5.32 Å². The predicted molar refractivity (Wildman–Crippen MR) is 69.9 cm³/mol. The molecule has 0 radical (unpaired) electrons. The molecule has 0 aliphatic rings. The molecule has 0 fully saturated rings. The summed E-state index contributed by atoms with van der Waals surface area (Å²) in [6.07, 6.45) is 0.281. The number of carbonyl (C=O) groups is 3. The van der Waals surface area contributed by atoms with Crippen LogP contribution in [0.2, 0.25) is 0 Å². The number of carboxylic acids is 1. The second-order valence-electron chi connectivity index (χ2n) is 4.00. The topological polar surface area (TPSA) is 95.5 Å². The van der Waals surface area contributed by atoms with Crippen LogP contribution in [0, 0.1) is 0 Å². The quantitative estimate of drug-likeness (QED) is 0.745. The highest BCUT2D eigenvalue weighted by Crippen LogP contribution is 2.15. The smallest absolute Gasteiger partial charge is 0.326 e. The van der Waals surface area contributed by atoms with Gasteiger partial charge in [-0.1, -0.05) is 19.1 Å². The lowest BCUT2D eigenvalue weighted by Crippen LogP contribution is -2.40. The molecule has 102 valence electrons. The molecule has 0 bridgehead atoms. The van der Waals surface area contributed by atoms with Crippen molar-refractivity contribution in [1.82, 2.24) is 5.32 Å². The molecule has 0 unspecified atom stereocenters. The molecular formula is C13H16N2O4. The van der Waals surface area contributed by atoms with Crippen molar-refractivity contribution in [2.45, 2.75) is 26.3 Å². The average molecular weight is 264 g/mol. The monoisotopic (exact) mass is 264 g/mol. The summed E-state index contributed by atoms with van der Waals surface area (Å²) < 4.78 is 0. The van der Waals surface area contributed by atoms with Crippen LogP contribution in [0.3, 0.4) is 0 Å². The maximum atomic E-state index is 12.0. The number of aliphatic carboxylic acids is 1. The number of amides is 2. The van der Waals surface area contributed by atoms with Crippen LogP contribution in [0.25, 0.3) is 0 Å². The van der Waals surface area contributed by atoms with E-state index in [0.717, 1.165) is 0 Å². The van der Waals surface area contributed by atoms with Gasteiger partial charge in [0.1, 0.15) is 6.04 Å². The first kappa shape index (κ1) is 14.7. The standard InChI is InChI=1S/C13H16N2O4/c1-3-10(13(18)19)15-12(17)9-6-4-5-7-11(9)14-8(2)16/h4-7,10H,3H2,1-2H3,(H,14,16)(H,15,17)(H,18,19)/t10-/m0/s1. The van der Waals surface area contributed by atoms with Gasteiger partial charge in [0.15, 0.2) is 0 Å². The Morgan fingerprint density at radius 2 is 1.89 bits per heavy atom. The summed E-state index contributed by atoms with van der Waals surface area (Å²) in [7, 11) is 0. The SMILES string of the molecule is CC[C@H](NC(=O)c1ccccc1NC(C)=O)C(=O)O. The van der Waals surface area contributed by atoms with Crippen molar-refractivity contribution in [1.29, 1.82) is 0 Å². The normalized spacial score (nSPS) is 11.5. The van der Waals surface area contributed by atoms with Crippen LogP contribution in [0.1, 0.15) is 30.6 Å². The van der Waals surface area contributed by atoms with E-state index < -0.39 is 17.9 Å². The van der Waals surface area contributed by atoms with Crippen LogP contribution < -0.4 is 10.6 Å². The van der Waals surface area contributed by atoms with E-state index in [4.69, 9.17) is 5.11 Å². The van der Waals surface area contributed by atoms with Crippen LogP contribution in [0.4, 0.5) is 5.69 Å². The molecule has 19 heavy (non-hydrogen) atoms. The van der Waals surface area contributed by atoms with Gasteiger partial charge >= 0.3 is 5.97 Å². The molecule has 2 amide bonds. The summed E-state index contributed by atoms with van der Waals surface area (Å²) in [5.74, 6) is -1.92. The number of benzene rings is 1. The molecule has 0 saturated carbocycles. The van der Waals surface area contributed by atoms with Crippen molar-refractivity contribution in [3.05, 3.63) is 29.8 Å². The predicted octanol–water partition coefficient (Wildman–Crippen LogP) is 1.24. The van der Waals surface area contributed by atoms with Crippen molar-refractivity contribution < 1.29 is 19.5 Å². The molecule has 0 saturated heterocycles. The van der Waals surface area contributed by atoms with Crippen LogP contribution in [0.15, 0.2) is 24.3 Å². The zero-order valence-electron chi connectivity index (χ0n) is 10.8. The molecule has 0 aliphatic heterocycles. The summed E-state index contributed by atoms with van der Waals surface area (Å²) >= 11 is 0. The third kappa shape index (κ3) is 4.09. The third-order valence-electron chi connectivity index (χ3n) is 2.49. The summed E-state index contributed by atoms with van der Waals surface area (Å²) in [5, 5.41) is 13.8. The molecule has 0 heterocycles. The number of anilines is 1. The molecule has 1 aromatic carbocycles. The number of hydrogen-bond donors (Lipinski definition) is 3. The minimum absolute atomic E-state index is 0.234. The van der Waals surface area contributed by atoms with Gasteiger partial charge in [-0.2, -0.15) is 0 Å². The Morgan fingerprint density at radius 3 is 2.42 bits per heavy atom. The number of carbonyl (C=O) groups excluding carboxylic acids is 2. The average Bonchev–Trinajstić information content (AvgIpc) is 2.35. The van der Waals surface area contributed by atoms with E-state index >= 15 is 0 Å². The Bertz CT molecular complexity index is 499. The molecule has 1 atom stereocenters. The van der Waals surface area contributed by atoms with Gasteiger partial charge in [-0.15, -0.1) is 0 Å². The van der Waals surface area contributed by atoms with Gasteiger partial charge in [0.2, 0.25) is 5.91 Å². The van der Waals surface area contributed by atoms with Gasteiger partial charge in [0.05, 0.1) is 11.3 Å². The van der Waals surface area contributed by atoms with Crippen molar-refractivity contribution in [3.63, 3.8) is 0 Å². The summed E-state index contributed by atoms with van der Waals surface area (Å²) in [5.41, 5.74) is 0.588. The fourth-order valence-electron chi connectivity index (χ4n) is 1.55. The lowest BCUT2D eigenvalue weighted by Gasteiger charge is -2.14. The summed E-state index contributed by atoms with van der Waals surface area (Å²) in [6, 6.07) is 5.48. The van der Waals surface area contributed by atoms with Gasteiger partial charge in [0, 0.05) is 6.92 Å². The highest BCUT2D eigenvalue weighted by atomic mass is 16.4. The van der Waals surface area contributed by atoms with Crippen LogP contribution in [-0.2, 0) is 9.59 Å². The van der Waals surface area contributed by atoms with Gasteiger partial charge in [-0.25, -0.2) is 4.79 Å².